The summed E-state index contributed by atoms with van der Waals surface area (Å²) in [7, 11) is -4.05. The molecule has 174 valence electrons. The van der Waals surface area contributed by atoms with Gasteiger partial charge in [-0.15, -0.1) is 10.2 Å². The lowest BCUT2D eigenvalue weighted by Crippen LogP contribution is -2.38. The monoisotopic (exact) mass is 532 g/mol. The topological polar surface area (TPSA) is 92.3 Å². The number of halogens is 2. The molecule has 0 spiro atoms. The number of aryl methyl sites for hydroxylation is 1. The highest BCUT2D eigenvalue weighted by atomic mass is 35.5. The van der Waals surface area contributed by atoms with Gasteiger partial charge in [0.25, 0.3) is 10.0 Å². The molecule has 7 nitrogen and oxygen atoms in total. The standard InChI is InChI=1S/C23H18Cl2N4O3S2/c1-15-5-11-20(12-6-15)34(31,32)29(19-4-2-3-18(25)13-19)14-21(30)26-23-28-27-22(33-23)16-7-9-17(24)10-8-16/h2-13H,14H2,1H3,(H,26,28,30). The molecule has 0 unspecified atom stereocenters. The van der Waals surface area contributed by atoms with E-state index in [2.05, 4.69) is 15.5 Å². The molecule has 0 aliphatic rings. The molecule has 0 saturated heterocycles. The molecule has 0 saturated carbocycles. The van der Waals surface area contributed by atoms with Gasteiger partial charge in [-0.25, -0.2) is 8.42 Å². The van der Waals surface area contributed by atoms with Gasteiger partial charge < -0.3 is 0 Å². The summed E-state index contributed by atoms with van der Waals surface area (Å²) in [5.74, 6) is -0.575. The first kappa shape index (κ1) is 24.2. The van der Waals surface area contributed by atoms with E-state index in [0.29, 0.717) is 15.1 Å². The van der Waals surface area contributed by atoms with Crippen molar-refractivity contribution in [3.05, 3.63) is 88.4 Å². The Labute approximate surface area is 211 Å². The Balaban J connectivity index is 1.59. The number of anilines is 2. The zero-order chi connectivity index (χ0) is 24.3. The molecule has 11 heteroatoms. The lowest BCUT2D eigenvalue weighted by atomic mass is 10.2. The van der Waals surface area contributed by atoms with Gasteiger partial charge in [0.1, 0.15) is 11.6 Å². The molecule has 0 aliphatic carbocycles. The van der Waals surface area contributed by atoms with Crippen LogP contribution < -0.4 is 9.62 Å². The molecular weight excluding hydrogens is 515 g/mol. The van der Waals surface area contributed by atoms with Gasteiger partial charge in [-0.05, 0) is 49.4 Å². The average molecular weight is 533 g/mol. The maximum atomic E-state index is 13.4. The fourth-order valence-electron chi connectivity index (χ4n) is 3.06. The largest absolute Gasteiger partial charge is 0.299 e. The zero-order valence-corrected chi connectivity index (χ0v) is 20.9. The highest BCUT2D eigenvalue weighted by molar-refractivity contribution is 7.92. The number of carbonyl (C=O) groups excluding carboxylic acids is 1. The molecule has 34 heavy (non-hydrogen) atoms. The Morgan fingerprint density at radius 1 is 0.971 bits per heavy atom. The molecule has 0 aliphatic heterocycles. The third kappa shape index (κ3) is 5.56. The molecule has 1 amide bonds. The predicted molar refractivity (Wildman–Crippen MR) is 136 cm³/mol. The summed E-state index contributed by atoms with van der Waals surface area (Å²) in [5.41, 5.74) is 1.98. The minimum atomic E-state index is -4.05. The maximum Gasteiger partial charge on any atom is 0.264 e. The fraction of sp³-hybridized carbons (Fsp3) is 0.0870. The van der Waals surface area contributed by atoms with Crippen molar-refractivity contribution in [2.24, 2.45) is 0 Å². The van der Waals surface area contributed by atoms with E-state index in [1.807, 2.05) is 6.92 Å². The van der Waals surface area contributed by atoms with Gasteiger partial charge in [0.2, 0.25) is 11.0 Å². The van der Waals surface area contributed by atoms with Crippen molar-refractivity contribution in [2.75, 3.05) is 16.2 Å². The van der Waals surface area contributed by atoms with Crippen LogP contribution in [0.2, 0.25) is 10.0 Å². The van der Waals surface area contributed by atoms with Crippen LogP contribution in [0.5, 0.6) is 0 Å². The predicted octanol–water partition coefficient (Wildman–Crippen LogP) is 5.65. The van der Waals surface area contributed by atoms with Crippen LogP contribution in [0.1, 0.15) is 5.56 Å². The summed E-state index contributed by atoms with van der Waals surface area (Å²) in [6.45, 7) is 1.38. The minimum absolute atomic E-state index is 0.0619. The van der Waals surface area contributed by atoms with E-state index in [1.54, 1.807) is 54.6 Å². The lowest BCUT2D eigenvalue weighted by Gasteiger charge is -2.24. The van der Waals surface area contributed by atoms with E-state index in [-0.39, 0.29) is 15.7 Å². The number of amides is 1. The van der Waals surface area contributed by atoms with Crippen LogP contribution in [0.3, 0.4) is 0 Å². The second-order valence-electron chi connectivity index (χ2n) is 7.27. The molecule has 3 aromatic carbocycles. The first-order valence-corrected chi connectivity index (χ1v) is 13.0. The van der Waals surface area contributed by atoms with Crippen molar-refractivity contribution >= 4 is 61.3 Å². The second kappa shape index (κ2) is 10.1. The summed E-state index contributed by atoms with van der Waals surface area (Å²) in [5, 5.41) is 12.5. The van der Waals surface area contributed by atoms with Crippen LogP contribution in [-0.4, -0.2) is 31.1 Å². The minimum Gasteiger partial charge on any atom is -0.299 e. The zero-order valence-electron chi connectivity index (χ0n) is 17.8. The number of hydrogen-bond acceptors (Lipinski definition) is 6. The first-order valence-electron chi connectivity index (χ1n) is 9.97. The molecular formula is C23H18Cl2N4O3S2. The Kier molecular flexibility index (Phi) is 7.18. The highest BCUT2D eigenvalue weighted by Crippen LogP contribution is 2.29. The smallest absolute Gasteiger partial charge is 0.264 e. The molecule has 4 aromatic rings. The number of nitrogens with one attached hydrogen (secondary N) is 1. The van der Waals surface area contributed by atoms with Crippen LogP contribution in [0.15, 0.2) is 77.7 Å². The SMILES string of the molecule is Cc1ccc(S(=O)(=O)N(CC(=O)Nc2nnc(-c3ccc(Cl)cc3)s2)c2cccc(Cl)c2)cc1. The fourth-order valence-corrected chi connectivity index (χ4v) is 5.54. The van der Waals surface area contributed by atoms with Gasteiger partial charge in [0.05, 0.1) is 10.6 Å². The third-order valence-corrected chi connectivity index (χ3v) is 7.92. The van der Waals surface area contributed by atoms with E-state index in [1.165, 1.54) is 18.2 Å². The number of rotatable bonds is 7. The van der Waals surface area contributed by atoms with Gasteiger partial charge in [0, 0.05) is 15.6 Å². The summed E-state index contributed by atoms with van der Waals surface area (Å²) in [6, 6.07) is 19.8. The van der Waals surface area contributed by atoms with E-state index >= 15 is 0 Å². The molecule has 0 atom stereocenters. The Morgan fingerprint density at radius 3 is 2.35 bits per heavy atom. The molecule has 0 bridgehead atoms. The summed E-state index contributed by atoms with van der Waals surface area (Å²) < 4.78 is 27.9. The summed E-state index contributed by atoms with van der Waals surface area (Å²) in [6.07, 6.45) is 0. The van der Waals surface area contributed by atoms with Crippen molar-refractivity contribution in [1.29, 1.82) is 0 Å². The maximum absolute atomic E-state index is 13.4. The normalized spacial score (nSPS) is 11.3. The van der Waals surface area contributed by atoms with Gasteiger partial charge in [0.15, 0.2) is 0 Å². The van der Waals surface area contributed by atoms with Crippen LogP contribution in [0.25, 0.3) is 10.6 Å². The van der Waals surface area contributed by atoms with Crippen LogP contribution in [0.4, 0.5) is 10.8 Å². The Hall–Kier alpha value is -2.98. The highest BCUT2D eigenvalue weighted by Gasteiger charge is 2.28. The molecule has 1 N–H and O–H groups in total. The quantitative estimate of drug-likeness (QED) is 0.331. The number of nitrogens with zero attached hydrogens (tertiary/aromatic N) is 3. The first-order chi connectivity index (χ1) is 16.2. The number of sulfonamides is 1. The molecule has 0 fully saturated rings. The number of aromatic nitrogens is 2. The molecule has 1 aromatic heterocycles. The van der Waals surface area contributed by atoms with Gasteiger partial charge >= 0.3 is 0 Å². The number of benzene rings is 3. The van der Waals surface area contributed by atoms with Crippen molar-refractivity contribution in [1.82, 2.24) is 10.2 Å². The van der Waals surface area contributed by atoms with Crippen molar-refractivity contribution < 1.29 is 13.2 Å². The molecule has 0 radical (unpaired) electrons. The van der Waals surface area contributed by atoms with Crippen LogP contribution in [0, 0.1) is 6.92 Å². The lowest BCUT2D eigenvalue weighted by molar-refractivity contribution is -0.114. The molecule has 4 rings (SSSR count). The van der Waals surface area contributed by atoms with Crippen LogP contribution >= 0.6 is 34.5 Å². The third-order valence-electron chi connectivity index (χ3n) is 4.75. The van der Waals surface area contributed by atoms with E-state index in [0.717, 1.165) is 26.8 Å². The van der Waals surface area contributed by atoms with Crippen molar-refractivity contribution in [2.45, 2.75) is 11.8 Å². The summed E-state index contributed by atoms with van der Waals surface area (Å²) >= 11 is 13.2. The Bertz CT molecular complexity index is 1420. The van der Waals surface area contributed by atoms with E-state index in [9.17, 15) is 13.2 Å². The van der Waals surface area contributed by atoms with Crippen molar-refractivity contribution in [3.8, 4) is 10.6 Å². The second-order valence-corrected chi connectivity index (χ2v) is 11.0. The molecule has 1 heterocycles. The van der Waals surface area contributed by atoms with E-state index < -0.39 is 22.5 Å². The number of hydrogen-bond donors (Lipinski definition) is 1. The average Bonchev–Trinajstić information content (AvgIpc) is 3.26. The van der Waals surface area contributed by atoms with Crippen LogP contribution in [-0.2, 0) is 14.8 Å². The van der Waals surface area contributed by atoms with Crippen molar-refractivity contribution in [3.63, 3.8) is 0 Å². The Morgan fingerprint density at radius 2 is 1.68 bits per heavy atom. The van der Waals surface area contributed by atoms with Gasteiger partial charge in [-0.1, -0.05) is 70.4 Å². The number of carbonyl (C=O) groups is 1. The van der Waals surface area contributed by atoms with Gasteiger partial charge in [-0.2, -0.15) is 0 Å². The van der Waals surface area contributed by atoms with Gasteiger partial charge in [-0.3, -0.25) is 14.4 Å². The summed E-state index contributed by atoms with van der Waals surface area (Å²) in [4.78, 5) is 12.9. The van der Waals surface area contributed by atoms with E-state index in [4.69, 9.17) is 23.2 Å².